The van der Waals surface area contributed by atoms with Crippen molar-refractivity contribution in [3.05, 3.63) is 41.3 Å². The fourth-order valence-corrected chi connectivity index (χ4v) is 3.94. The number of thioether (sulfide) groups is 1. The first-order valence-corrected chi connectivity index (χ1v) is 10.4. The van der Waals surface area contributed by atoms with Gasteiger partial charge in [-0.2, -0.15) is 0 Å². The second kappa shape index (κ2) is 9.60. The molecule has 0 saturated carbocycles. The molecule has 1 saturated heterocycles. The molecule has 1 aliphatic heterocycles. The van der Waals surface area contributed by atoms with Crippen LogP contribution in [0.25, 0.3) is 0 Å². The van der Waals surface area contributed by atoms with Gasteiger partial charge in [-0.05, 0) is 44.5 Å². The number of carbonyl (C=O) groups excluding carboxylic acids is 3. The molecule has 8 nitrogen and oxygen atoms in total. The first-order chi connectivity index (χ1) is 13.9. The second-order valence-corrected chi connectivity index (χ2v) is 7.69. The van der Waals surface area contributed by atoms with Crippen molar-refractivity contribution in [2.45, 2.75) is 32.4 Å². The molecule has 0 spiro atoms. The van der Waals surface area contributed by atoms with Gasteiger partial charge >= 0.3 is 5.97 Å². The van der Waals surface area contributed by atoms with Crippen LogP contribution in [0.1, 0.15) is 29.9 Å². The molecule has 1 fully saturated rings. The third-order valence-corrected chi connectivity index (χ3v) is 5.48. The quantitative estimate of drug-likeness (QED) is 0.659. The number of aromatic nitrogens is 1. The number of hydrogen-bond acceptors (Lipinski definition) is 7. The Hall–Kier alpha value is -2.81. The van der Waals surface area contributed by atoms with Crippen molar-refractivity contribution < 1.29 is 23.6 Å². The molecule has 1 aromatic heterocycles. The van der Waals surface area contributed by atoms with Gasteiger partial charge in [-0.25, -0.2) is 0 Å². The molecule has 0 unspecified atom stereocenters. The fourth-order valence-electron chi connectivity index (χ4n) is 2.98. The van der Waals surface area contributed by atoms with Gasteiger partial charge in [0.25, 0.3) is 5.91 Å². The van der Waals surface area contributed by atoms with Gasteiger partial charge in [0.2, 0.25) is 5.91 Å². The molecule has 0 bridgehead atoms. The van der Waals surface area contributed by atoms with E-state index in [9.17, 15) is 14.4 Å². The highest BCUT2D eigenvalue weighted by Crippen LogP contribution is 2.23. The van der Waals surface area contributed by atoms with Crippen molar-refractivity contribution in [1.82, 2.24) is 5.16 Å². The molecule has 1 N–H and O–H groups in total. The lowest BCUT2D eigenvalue weighted by Gasteiger charge is -2.16. The number of nitrogens with one attached hydrogen (secondary N) is 1. The average molecular weight is 417 g/mol. The van der Waals surface area contributed by atoms with Crippen molar-refractivity contribution in [1.29, 1.82) is 0 Å². The van der Waals surface area contributed by atoms with Gasteiger partial charge in [-0.15, -0.1) is 11.8 Å². The molecular formula is C20H23N3O5S. The summed E-state index contributed by atoms with van der Waals surface area (Å²) < 4.78 is 10.1. The highest BCUT2D eigenvalue weighted by atomic mass is 32.2. The van der Waals surface area contributed by atoms with Crippen molar-refractivity contribution >= 4 is 40.9 Å². The maximum absolute atomic E-state index is 12.0. The summed E-state index contributed by atoms with van der Waals surface area (Å²) in [7, 11) is 0. The normalized spacial score (nSPS) is 13.6. The first-order valence-electron chi connectivity index (χ1n) is 9.29. The highest BCUT2D eigenvalue weighted by Gasteiger charge is 2.21. The maximum Gasteiger partial charge on any atom is 0.316 e. The van der Waals surface area contributed by atoms with E-state index in [4.69, 9.17) is 9.26 Å². The van der Waals surface area contributed by atoms with Crippen LogP contribution in [0, 0.1) is 13.8 Å². The molecule has 29 heavy (non-hydrogen) atoms. The van der Waals surface area contributed by atoms with E-state index in [1.165, 1.54) is 11.8 Å². The lowest BCUT2D eigenvalue weighted by Crippen LogP contribution is -2.24. The molecular weight excluding hydrogens is 394 g/mol. The zero-order valence-electron chi connectivity index (χ0n) is 16.4. The predicted molar refractivity (Wildman–Crippen MR) is 110 cm³/mol. The van der Waals surface area contributed by atoms with Gasteiger partial charge in [0, 0.05) is 35.7 Å². The lowest BCUT2D eigenvalue weighted by molar-refractivity contribution is -0.144. The molecule has 0 radical (unpaired) electrons. The van der Waals surface area contributed by atoms with Gasteiger partial charge in [0.15, 0.2) is 6.61 Å². The minimum absolute atomic E-state index is 0.112. The minimum atomic E-state index is -0.459. The van der Waals surface area contributed by atoms with E-state index in [1.54, 1.807) is 29.2 Å². The zero-order valence-corrected chi connectivity index (χ0v) is 17.2. The highest BCUT2D eigenvalue weighted by molar-refractivity contribution is 7.99. The molecule has 1 aromatic carbocycles. The number of amides is 2. The average Bonchev–Trinajstić information content (AvgIpc) is 3.27. The van der Waals surface area contributed by atoms with Crippen LogP contribution in [0.3, 0.4) is 0 Å². The fraction of sp³-hybridized carbons (Fsp3) is 0.400. The Bertz CT molecular complexity index is 875. The van der Waals surface area contributed by atoms with Gasteiger partial charge in [0.1, 0.15) is 5.76 Å². The summed E-state index contributed by atoms with van der Waals surface area (Å²) in [5.41, 5.74) is 3.17. The third-order valence-electron chi connectivity index (χ3n) is 4.55. The Morgan fingerprint density at radius 3 is 2.66 bits per heavy atom. The topological polar surface area (TPSA) is 102 Å². The van der Waals surface area contributed by atoms with E-state index in [0.717, 1.165) is 35.7 Å². The van der Waals surface area contributed by atoms with Gasteiger partial charge < -0.3 is 19.5 Å². The minimum Gasteiger partial charge on any atom is -0.455 e. The molecule has 2 aromatic rings. The largest absolute Gasteiger partial charge is 0.455 e. The van der Waals surface area contributed by atoms with Crippen LogP contribution in [0.5, 0.6) is 0 Å². The number of nitrogens with zero attached hydrogens (tertiary/aromatic N) is 2. The van der Waals surface area contributed by atoms with E-state index in [0.29, 0.717) is 17.9 Å². The predicted octanol–water partition coefficient (Wildman–Crippen LogP) is 2.83. The Balaban J connectivity index is 1.38. The van der Waals surface area contributed by atoms with E-state index >= 15 is 0 Å². The Morgan fingerprint density at radius 1 is 1.28 bits per heavy atom. The molecule has 2 heterocycles. The van der Waals surface area contributed by atoms with Crippen LogP contribution in [0.4, 0.5) is 11.4 Å². The number of rotatable bonds is 8. The van der Waals surface area contributed by atoms with Gasteiger partial charge in [-0.1, -0.05) is 5.16 Å². The molecule has 154 valence electrons. The summed E-state index contributed by atoms with van der Waals surface area (Å²) in [5.74, 6) is 0.701. The lowest BCUT2D eigenvalue weighted by atomic mass is 10.2. The van der Waals surface area contributed by atoms with Crippen molar-refractivity contribution in [3.63, 3.8) is 0 Å². The first kappa shape index (κ1) is 20.9. The van der Waals surface area contributed by atoms with Crippen LogP contribution < -0.4 is 10.2 Å². The molecule has 0 atom stereocenters. The van der Waals surface area contributed by atoms with Crippen LogP contribution >= 0.6 is 11.8 Å². The van der Waals surface area contributed by atoms with Crippen LogP contribution in [-0.4, -0.2) is 41.8 Å². The summed E-state index contributed by atoms with van der Waals surface area (Å²) in [5, 5.41) is 6.54. The molecule has 0 aliphatic carbocycles. The van der Waals surface area contributed by atoms with Gasteiger partial charge in [0.05, 0.1) is 11.4 Å². The van der Waals surface area contributed by atoms with Crippen LogP contribution in [0.2, 0.25) is 0 Å². The third kappa shape index (κ3) is 5.60. The molecule has 3 rings (SSSR count). The summed E-state index contributed by atoms with van der Waals surface area (Å²) in [6, 6.07) is 7.02. The van der Waals surface area contributed by atoms with Gasteiger partial charge in [-0.3, -0.25) is 14.4 Å². The summed E-state index contributed by atoms with van der Waals surface area (Å²) in [6.45, 7) is 4.05. The SMILES string of the molecule is Cc1noc(C)c1CSCC(=O)OCC(=O)Nc1ccc(N2CCCC2=O)cc1. The monoisotopic (exact) mass is 417 g/mol. The molecule has 9 heteroatoms. The molecule has 2 amide bonds. The van der Waals surface area contributed by atoms with Crippen molar-refractivity contribution in [3.8, 4) is 0 Å². The van der Waals surface area contributed by atoms with Crippen molar-refractivity contribution in [2.75, 3.05) is 29.1 Å². The molecule has 1 aliphatic rings. The number of anilines is 2. The smallest absolute Gasteiger partial charge is 0.316 e. The van der Waals surface area contributed by atoms with E-state index in [2.05, 4.69) is 10.5 Å². The Morgan fingerprint density at radius 2 is 2.03 bits per heavy atom. The van der Waals surface area contributed by atoms with E-state index < -0.39 is 11.9 Å². The van der Waals surface area contributed by atoms with Crippen molar-refractivity contribution in [2.24, 2.45) is 0 Å². The number of aryl methyl sites for hydroxylation is 2. The summed E-state index contributed by atoms with van der Waals surface area (Å²) >= 11 is 1.38. The zero-order chi connectivity index (χ0) is 20.8. The summed E-state index contributed by atoms with van der Waals surface area (Å²) in [6.07, 6.45) is 1.43. The van der Waals surface area contributed by atoms with E-state index in [1.807, 2.05) is 13.8 Å². The Labute approximate surface area is 172 Å². The maximum atomic E-state index is 12.0. The number of carbonyl (C=O) groups is 3. The second-order valence-electron chi connectivity index (χ2n) is 6.70. The standard InChI is InChI=1S/C20H23N3O5S/c1-13-17(14(2)28-22-13)11-29-12-20(26)27-10-18(24)21-15-5-7-16(8-6-15)23-9-3-4-19(23)25/h5-8H,3-4,9-12H2,1-2H3,(H,21,24). The van der Waals surface area contributed by atoms with E-state index in [-0.39, 0.29) is 18.3 Å². The number of esters is 1. The number of hydrogen-bond donors (Lipinski definition) is 1. The van der Waals surface area contributed by atoms with Crippen LogP contribution in [-0.2, 0) is 24.9 Å². The number of benzene rings is 1. The van der Waals surface area contributed by atoms with Crippen LogP contribution in [0.15, 0.2) is 28.8 Å². The Kier molecular flexibility index (Phi) is 6.92. The summed E-state index contributed by atoms with van der Waals surface area (Å²) in [4.78, 5) is 37.3. The number of ether oxygens (including phenoxy) is 1.